The van der Waals surface area contributed by atoms with Crippen molar-refractivity contribution in [3.8, 4) is 0 Å². The molecule has 0 amide bonds. The molecule has 0 aromatic heterocycles. The third kappa shape index (κ3) is 2.64. The van der Waals surface area contributed by atoms with Gasteiger partial charge in [0, 0.05) is 32.2 Å². The standard InChI is InChI=1S/C7H16N3/c1-8-4-5-10-7-2-3-9-6-7/h7-8,10H,2-6H2,1H3. The highest BCUT2D eigenvalue weighted by Gasteiger charge is 2.13. The molecule has 1 aliphatic heterocycles. The molecule has 0 aromatic carbocycles. The van der Waals surface area contributed by atoms with Gasteiger partial charge in [-0.3, -0.25) is 0 Å². The third-order valence-corrected chi connectivity index (χ3v) is 1.79. The zero-order chi connectivity index (χ0) is 7.23. The van der Waals surface area contributed by atoms with Gasteiger partial charge in [-0.15, -0.1) is 0 Å². The van der Waals surface area contributed by atoms with Crippen molar-refractivity contribution in [2.45, 2.75) is 12.5 Å². The predicted molar refractivity (Wildman–Crippen MR) is 42.2 cm³/mol. The van der Waals surface area contributed by atoms with Gasteiger partial charge in [-0.05, 0) is 13.5 Å². The molecular weight excluding hydrogens is 126 g/mol. The van der Waals surface area contributed by atoms with E-state index < -0.39 is 0 Å². The normalized spacial score (nSPS) is 25.5. The fourth-order valence-corrected chi connectivity index (χ4v) is 1.15. The molecule has 1 rings (SSSR count). The van der Waals surface area contributed by atoms with Crippen molar-refractivity contribution in [2.75, 3.05) is 33.2 Å². The Balaban J connectivity index is 1.91. The summed E-state index contributed by atoms with van der Waals surface area (Å²) in [6.45, 7) is 4.19. The maximum absolute atomic E-state index is 4.26. The number of rotatable bonds is 4. The summed E-state index contributed by atoms with van der Waals surface area (Å²) in [4.78, 5) is 0. The lowest BCUT2D eigenvalue weighted by molar-refractivity contribution is 0.539. The van der Waals surface area contributed by atoms with E-state index in [-0.39, 0.29) is 0 Å². The van der Waals surface area contributed by atoms with Crippen LogP contribution in [-0.4, -0.2) is 39.3 Å². The zero-order valence-corrected chi connectivity index (χ0v) is 6.56. The number of likely N-dealkylation sites (N-methyl/N-ethyl adjacent to an activating group) is 1. The fourth-order valence-electron chi connectivity index (χ4n) is 1.15. The molecule has 0 aliphatic carbocycles. The lowest BCUT2D eigenvalue weighted by atomic mass is 10.2. The molecule has 0 aromatic rings. The van der Waals surface area contributed by atoms with Crippen LogP contribution in [0.2, 0.25) is 0 Å². The highest BCUT2D eigenvalue weighted by atomic mass is 15.0. The summed E-state index contributed by atoms with van der Waals surface area (Å²) in [6, 6.07) is 0.661. The minimum atomic E-state index is 0.661. The first-order valence-corrected chi connectivity index (χ1v) is 3.94. The maximum Gasteiger partial charge on any atom is 0.0288 e. The molecule has 1 heterocycles. The van der Waals surface area contributed by atoms with Gasteiger partial charge in [-0.1, -0.05) is 0 Å². The maximum atomic E-state index is 4.26. The van der Waals surface area contributed by atoms with E-state index >= 15 is 0 Å². The Morgan fingerprint density at radius 1 is 1.50 bits per heavy atom. The number of hydrogen-bond acceptors (Lipinski definition) is 2. The Morgan fingerprint density at radius 2 is 2.40 bits per heavy atom. The Bertz CT molecular complexity index is 78.9. The van der Waals surface area contributed by atoms with E-state index in [0.717, 1.165) is 26.2 Å². The van der Waals surface area contributed by atoms with Crippen LogP contribution in [0.5, 0.6) is 0 Å². The molecule has 1 atom stereocenters. The van der Waals surface area contributed by atoms with E-state index in [1.165, 1.54) is 6.42 Å². The first-order chi connectivity index (χ1) is 4.93. The highest BCUT2D eigenvalue weighted by Crippen LogP contribution is 1.96. The van der Waals surface area contributed by atoms with E-state index in [1.807, 2.05) is 7.05 Å². The number of nitrogens with one attached hydrogen (secondary N) is 2. The van der Waals surface area contributed by atoms with Crippen molar-refractivity contribution < 1.29 is 0 Å². The molecule has 0 spiro atoms. The average Bonchev–Trinajstić information content (AvgIpc) is 2.41. The third-order valence-electron chi connectivity index (χ3n) is 1.79. The molecule has 59 valence electrons. The monoisotopic (exact) mass is 142 g/mol. The Kier molecular flexibility index (Phi) is 3.72. The van der Waals surface area contributed by atoms with Crippen LogP contribution >= 0.6 is 0 Å². The van der Waals surface area contributed by atoms with Gasteiger partial charge in [0.2, 0.25) is 0 Å². The van der Waals surface area contributed by atoms with Crippen LogP contribution in [0.1, 0.15) is 6.42 Å². The SMILES string of the molecule is CNCCNC1CC[N]C1. The average molecular weight is 142 g/mol. The van der Waals surface area contributed by atoms with Crippen molar-refractivity contribution in [1.29, 1.82) is 0 Å². The van der Waals surface area contributed by atoms with E-state index in [9.17, 15) is 0 Å². The summed E-state index contributed by atoms with van der Waals surface area (Å²) in [5, 5.41) is 10.8. The molecule has 3 heteroatoms. The number of nitrogens with zero attached hydrogens (tertiary/aromatic N) is 1. The molecule has 1 radical (unpaired) electrons. The Morgan fingerprint density at radius 3 is 3.00 bits per heavy atom. The predicted octanol–water partition coefficient (Wildman–Crippen LogP) is -0.828. The van der Waals surface area contributed by atoms with Crippen LogP contribution in [0.25, 0.3) is 0 Å². The second-order valence-corrected chi connectivity index (χ2v) is 2.67. The van der Waals surface area contributed by atoms with E-state index in [4.69, 9.17) is 0 Å². The summed E-state index contributed by atoms with van der Waals surface area (Å²) in [7, 11) is 1.97. The van der Waals surface area contributed by atoms with Crippen LogP contribution in [0.4, 0.5) is 0 Å². The summed E-state index contributed by atoms with van der Waals surface area (Å²) >= 11 is 0. The minimum Gasteiger partial charge on any atom is -0.318 e. The fraction of sp³-hybridized carbons (Fsp3) is 1.00. The molecule has 1 aliphatic rings. The summed E-state index contributed by atoms with van der Waals surface area (Å²) in [5.74, 6) is 0. The first-order valence-electron chi connectivity index (χ1n) is 3.94. The molecule has 1 saturated heterocycles. The van der Waals surface area contributed by atoms with Crippen LogP contribution in [0.3, 0.4) is 0 Å². The summed E-state index contributed by atoms with van der Waals surface area (Å²) in [6.07, 6.45) is 1.23. The molecule has 1 fully saturated rings. The van der Waals surface area contributed by atoms with Crippen molar-refractivity contribution >= 4 is 0 Å². The summed E-state index contributed by atoms with van der Waals surface area (Å²) < 4.78 is 0. The second kappa shape index (κ2) is 4.66. The topological polar surface area (TPSA) is 38.2 Å². The van der Waals surface area contributed by atoms with Crippen LogP contribution < -0.4 is 16.0 Å². The second-order valence-electron chi connectivity index (χ2n) is 2.67. The van der Waals surface area contributed by atoms with Crippen molar-refractivity contribution in [3.63, 3.8) is 0 Å². The van der Waals surface area contributed by atoms with Gasteiger partial charge in [0.1, 0.15) is 0 Å². The molecule has 10 heavy (non-hydrogen) atoms. The molecule has 1 unspecified atom stereocenters. The van der Waals surface area contributed by atoms with Gasteiger partial charge in [-0.25, -0.2) is 5.32 Å². The van der Waals surface area contributed by atoms with Gasteiger partial charge in [0.05, 0.1) is 0 Å². The summed E-state index contributed by atoms with van der Waals surface area (Å²) in [5.41, 5.74) is 0. The van der Waals surface area contributed by atoms with Crippen molar-refractivity contribution in [3.05, 3.63) is 0 Å². The van der Waals surface area contributed by atoms with E-state index in [0.29, 0.717) is 6.04 Å². The molecule has 0 bridgehead atoms. The largest absolute Gasteiger partial charge is 0.318 e. The van der Waals surface area contributed by atoms with Crippen LogP contribution in [-0.2, 0) is 0 Å². The van der Waals surface area contributed by atoms with Crippen LogP contribution in [0, 0.1) is 0 Å². The quantitative estimate of drug-likeness (QED) is 0.503. The van der Waals surface area contributed by atoms with E-state index in [1.54, 1.807) is 0 Å². The zero-order valence-electron chi connectivity index (χ0n) is 6.56. The van der Waals surface area contributed by atoms with Gasteiger partial charge in [0.15, 0.2) is 0 Å². The van der Waals surface area contributed by atoms with Gasteiger partial charge in [-0.2, -0.15) is 0 Å². The smallest absolute Gasteiger partial charge is 0.0288 e. The lowest BCUT2D eigenvalue weighted by Crippen LogP contribution is -2.34. The van der Waals surface area contributed by atoms with Gasteiger partial charge in [0.25, 0.3) is 0 Å². The lowest BCUT2D eigenvalue weighted by Gasteiger charge is -2.09. The number of hydrogen-bond donors (Lipinski definition) is 2. The van der Waals surface area contributed by atoms with Gasteiger partial charge < -0.3 is 10.6 Å². The van der Waals surface area contributed by atoms with E-state index in [2.05, 4.69) is 16.0 Å². The molecule has 2 N–H and O–H groups in total. The van der Waals surface area contributed by atoms with Crippen molar-refractivity contribution in [2.24, 2.45) is 0 Å². The molecule has 0 saturated carbocycles. The van der Waals surface area contributed by atoms with Crippen molar-refractivity contribution in [1.82, 2.24) is 16.0 Å². The first kappa shape index (κ1) is 7.98. The minimum absolute atomic E-state index is 0.661. The molecular formula is C7H16N3. The Hall–Kier alpha value is -0.120. The Labute approximate surface area is 62.6 Å². The molecule has 3 nitrogen and oxygen atoms in total. The highest BCUT2D eigenvalue weighted by molar-refractivity contribution is 4.76. The van der Waals surface area contributed by atoms with Gasteiger partial charge >= 0.3 is 0 Å². The van der Waals surface area contributed by atoms with Crippen LogP contribution in [0.15, 0.2) is 0 Å².